The van der Waals surface area contributed by atoms with Crippen molar-refractivity contribution in [2.45, 2.75) is 31.9 Å². The number of likely N-dealkylation sites (tertiary alicyclic amines) is 1. The molecule has 2 aromatic carbocycles. The van der Waals surface area contributed by atoms with E-state index in [1.165, 1.54) is 12.1 Å². The fourth-order valence-electron chi connectivity index (χ4n) is 3.46. The second kappa shape index (κ2) is 8.29. The van der Waals surface area contributed by atoms with Gasteiger partial charge in [0.05, 0.1) is 20.3 Å². The van der Waals surface area contributed by atoms with Gasteiger partial charge in [-0.25, -0.2) is 4.39 Å². The molecular weight excluding hydrogens is 349 g/mol. The predicted molar refractivity (Wildman–Crippen MR) is 99.7 cm³/mol. The van der Waals surface area contributed by atoms with E-state index < -0.39 is 11.9 Å². The molecule has 1 saturated heterocycles. The monoisotopic (exact) mass is 373 g/mol. The van der Waals surface area contributed by atoms with Crippen molar-refractivity contribution in [3.8, 4) is 17.2 Å². The second-order valence-corrected chi connectivity index (χ2v) is 6.49. The first-order chi connectivity index (χ1) is 13.0. The van der Waals surface area contributed by atoms with Crippen LogP contribution < -0.4 is 14.2 Å². The van der Waals surface area contributed by atoms with E-state index in [0.29, 0.717) is 18.0 Å². The highest BCUT2D eigenvalue weighted by atomic mass is 19.1. The van der Waals surface area contributed by atoms with Crippen LogP contribution in [0.2, 0.25) is 0 Å². The molecule has 2 atom stereocenters. The standard InChI is InChI=1S/C21H24FNO4/c1-14(27-19-9-5-4-7-17(19)22)21(24)23-12-6-8-18(23)16-11-10-15(25-2)13-20(16)26-3/h4-5,7,9-11,13-14,18H,6,8,12H2,1-3H3/t14-,18-/m0/s1. The van der Waals surface area contributed by atoms with E-state index >= 15 is 0 Å². The van der Waals surface area contributed by atoms with Crippen LogP contribution >= 0.6 is 0 Å². The zero-order chi connectivity index (χ0) is 19.4. The van der Waals surface area contributed by atoms with Crippen LogP contribution in [0.3, 0.4) is 0 Å². The number of ether oxygens (including phenoxy) is 3. The summed E-state index contributed by atoms with van der Waals surface area (Å²) in [6.45, 7) is 2.28. The van der Waals surface area contributed by atoms with Crippen molar-refractivity contribution in [2.24, 2.45) is 0 Å². The SMILES string of the molecule is COc1ccc([C@@H]2CCCN2C(=O)[C@H](C)Oc2ccccc2F)c(OC)c1. The third kappa shape index (κ3) is 3.99. The Kier molecular flexibility index (Phi) is 5.84. The number of hydrogen-bond acceptors (Lipinski definition) is 4. The molecule has 1 heterocycles. The first-order valence-corrected chi connectivity index (χ1v) is 8.98. The van der Waals surface area contributed by atoms with Gasteiger partial charge in [0.2, 0.25) is 0 Å². The average molecular weight is 373 g/mol. The maximum Gasteiger partial charge on any atom is 0.263 e. The molecule has 1 amide bonds. The van der Waals surface area contributed by atoms with Crippen LogP contribution in [0.5, 0.6) is 17.2 Å². The third-order valence-corrected chi connectivity index (χ3v) is 4.82. The average Bonchev–Trinajstić information content (AvgIpc) is 3.18. The summed E-state index contributed by atoms with van der Waals surface area (Å²) in [5, 5.41) is 0. The van der Waals surface area contributed by atoms with Crippen LogP contribution in [-0.4, -0.2) is 37.7 Å². The molecule has 5 nitrogen and oxygen atoms in total. The maximum absolute atomic E-state index is 13.8. The predicted octanol–water partition coefficient (Wildman–Crippen LogP) is 3.97. The molecule has 144 valence electrons. The topological polar surface area (TPSA) is 48.0 Å². The molecule has 0 saturated carbocycles. The highest BCUT2D eigenvalue weighted by molar-refractivity contribution is 5.81. The van der Waals surface area contributed by atoms with E-state index in [2.05, 4.69) is 0 Å². The molecule has 0 spiro atoms. The van der Waals surface area contributed by atoms with Crippen LogP contribution in [0, 0.1) is 5.82 Å². The van der Waals surface area contributed by atoms with Gasteiger partial charge in [-0.3, -0.25) is 4.79 Å². The molecule has 0 aliphatic carbocycles. The van der Waals surface area contributed by atoms with Crippen LogP contribution in [0.1, 0.15) is 31.4 Å². The van der Waals surface area contributed by atoms with E-state index in [1.807, 2.05) is 18.2 Å². The molecule has 27 heavy (non-hydrogen) atoms. The number of methoxy groups -OCH3 is 2. The number of carbonyl (C=O) groups is 1. The number of nitrogens with zero attached hydrogens (tertiary/aromatic N) is 1. The summed E-state index contributed by atoms with van der Waals surface area (Å²) in [7, 11) is 3.20. The lowest BCUT2D eigenvalue weighted by atomic mass is 10.0. The molecule has 0 aromatic heterocycles. The molecule has 1 aliphatic rings. The molecule has 3 rings (SSSR count). The van der Waals surface area contributed by atoms with Gasteiger partial charge in [-0.15, -0.1) is 0 Å². The minimum absolute atomic E-state index is 0.0797. The summed E-state index contributed by atoms with van der Waals surface area (Å²) < 4.78 is 30.2. The first-order valence-electron chi connectivity index (χ1n) is 8.98. The van der Waals surface area contributed by atoms with Gasteiger partial charge >= 0.3 is 0 Å². The number of halogens is 1. The van der Waals surface area contributed by atoms with Gasteiger partial charge < -0.3 is 19.1 Å². The lowest BCUT2D eigenvalue weighted by molar-refractivity contribution is -0.139. The summed E-state index contributed by atoms with van der Waals surface area (Å²) in [5.41, 5.74) is 0.933. The largest absolute Gasteiger partial charge is 0.497 e. The highest BCUT2D eigenvalue weighted by Gasteiger charge is 2.35. The molecule has 0 unspecified atom stereocenters. The summed E-state index contributed by atoms with van der Waals surface area (Å²) in [5.74, 6) is 0.811. The van der Waals surface area contributed by atoms with Gasteiger partial charge in [0, 0.05) is 18.2 Å². The summed E-state index contributed by atoms with van der Waals surface area (Å²) in [4.78, 5) is 14.8. The van der Waals surface area contributed by atoms with Gasteiger partial charge in [-0.05, 0) is 44.0 Å². The van der Waals surface area contributed by atoms with Crippen LogP contribution in [0.4, 0.5) is 4.39 Å². The van der Waals surface area contributed by atoms with E-state index in [1.54, 1.807) is 38.2 Å². The highest BCUT2D eigenvalue weighted by Crippen LogP contribution is 2.39. The molecule has 0 radical (unpaired) electrons. The van der Waals surface area contributed by atoms with E-state index in [9.17, 15) is 9.18 Å². The molecule has 0 N–H and O–H groups in total. The summed E-state index contributed by atoms with van der Waals surface area (Å²) in [6, 6.07) is 11.6. The fraction of sp³-hybridized carbons (Fsp3) is 0.381. The number of carbonyl (C=O) groups excluding carboxylic acids is 1. The Morgan fingerprint density at radius 1 is 1.15 bits per heavy atom. The van der Waals surface area contributed by atoms with Crippen molar-refractivity contribution in [2.75, 3.05) is 20.8 Å². The van der Waals surface area contributed by atoms with Gasteiger partial charge in [-0.1, -0.05) is 12.1 Å². The number of rotatable bonds is 6. The van der Waals surface area contributed by atoms with Crippen molar-refractivity contribution in [1.82, 2.24) is 4.90 Å². The van der Waals surface area contributed by atoms with Crippen molar-refractivity contribution >= 4 is 5.91 Å². The smallest absolute Gasteiger partial charge is 0.263 e. The van der Waals surface area contributed by atoms with E-state index in [0.717, 1.165) is 18.4 Å². The molecule has 1 fully saturated rings. The Balaban J connectivity index is 1.79. The molecule has 6 heteroatoms. The Bertz CT molecular complexity index is 811. The van der Waals surface area contributed by atoms with Crippen molar-refractivity contribution < 1.29 is 23.4 Å². The van der Waals surface area contributed by atoms with Crippen LogP contribution in [0.25, 0.3) is 0 Å². The van der Waals surface area contributed by atoms with E-state index in [4.69, 9.17) is 14.2 Å². The van der Waals surface area contributed by atoms with Gasteiger partial charge in [-0.2, -0.15) is 0 Å². The molecule has 1 aliphatic heterocycles. The first kappa shape index (κ1) is 19.0. The van der Waals surface area contributed by atoms with Crippen molar-refractivity contribution in [3.63, 3.8) is 0 Å². The van der Waals surface area contributed by atoms with Gasteiger partial charge in [0.15, 0.2) is 17.7 Å². The quantitative estimate of drug-likeness (QED) is 0.769. The lowest BCUT2D eigenvalue weighted by Crippen LogP contribution is -2.40. The third-order valence-electron chi connectivity index (χ3n) is 4.82. The zero-order valence-corrected chi connectivity index (χ0v) is 15.8. The normalized spacial score (nSPS) is 17.5. The maximum atomic E-state index is 13.8. The Morgan fingerprint density at radius 2 is 1.93 bits per heavy atom. The fourth-order valence-corrected chi connectivity index (χ4v) is 3.46. The minimum Gasteiger partial charge on any atom is -0.497 e. The summed E-state index contributed by atoms with van der Waals surface area (Å²) >= 11 is 0. The number of amides is 1. The van der Waals surface area contributed by atoms with Crippen molar-refractivity contribution in [1.29, 1.82) is 0 Å². The lowest BCUT2D eigenvalue weighted by Gasteiger charge is -2.29. The van der Waals surface area contributed by atoms with E-state index in [-0.39, 0.29) is 17.7 Å². The Hall–Kier alpha value is -2.76. The second-order valence-electron chi connectivity index (χ2n) is 6.49. The number of hydrogen-bond donors (Lipinski definition) is 0. The Morgan fingerprint density at radius 3 is 2.63 bits per heavy atom. The number of benzene rings is 2. The Labute approximate surface area is 158 Å². The summed E-state index contributed by atoms with van der Waals surface area (Å²) in [6.07, 6.45) is 0.936. The van der Waals surface area contributed by atoms with Gasteiger partial charge in [0.1, 0.15) is 11.5 Å². The molecule has 2 aromatic rings. The van der Waals surface area contributed by atoms with Crippen LogP contribution in [-0.2, 0) is 4.79 Å². The minimum atomic E-state index is -0.785. The van der Waals surface area contributed by atoms with Crippen LogP contribution in [0.15, 0.2) is 42.5 Å². The van der Waals surface area contributed by atoms with Gasteiger partial charge in [0.25, 0.3) is 5.91 Å². The molecular formula is C21H24FNO4. The number of para-hydroxylation sites is 1. The molecule has 0 bridgehead atoms. The van der Waals surface area contributed by atoms with Crippen molar-refractivity contribution in [3.05, 3.63) is 53.8 Å². The zero-order valence-electron chi connectivity index (χ0n) is 15.8.